The molecule has 0 aliphatic heterocycles. The topological polar surface area (TPSA) is 86.4 Å². The molecule has 72 valence electrons. The molecule has 1 amide bonds. The minimum Gasteiger partial charge on any atom is -0.383 e. The highest BCUT2D eigenvalue weighted by Crippen LogP contribution is 2.16. The zero-order chi connectivity index (χ0) is 10.3. The van der Waals surface area contributed by atoms with Crippen molar-refractivity contribution in [2.45, 2.75) is 0 Å². The molecule has 0 fully saturated rings. The van der Waals surface area contributed by atoms with E-state index >= 15 is 0 Å². The molecule has 0 spiro atoms. The number of nitrogens with zero attached hydrogens (tertiary/aromatic N) is 2. The second kappa shape index (κ2) is 2.69. The molecular weight excluding hydrogens is 187 g/mol. The quantitative estimate of drug-likeness (QED) is 0.677. The Morgan fingerprint density at radius 2 is 2.29 bits per heavy atom. The van der Waals surface area contributed by atoms with Gasteiger partial charge in [-0.1, -0.05) is 0 Å². The Kier molecular flexibility index (Phi) is 1.63. The van der Waals surface area contributed by atoms with Crippen molar-refractivity contribution in [2.75, 3.05) is 5.73 Å². The van der Waals surface area contributed by atoms with E-state index in [0.29, 0.717) is 0 Å². The van der Waals surface area contributed by atoms with E-state index in [9.17, 15) is 9.18 Å². The molecule has 14 heavy (non-hydrogen) atoms. The molecule has 4 N–H and O–H groups in total. The predicted molar refractivity (Wildman–Crippen MR) is 48.1 cm³/mol. The Labute approximate surface area is 78.1 Å². The van der Waals surface area contributed by atoms with Crippen LogP contribution in [0, 0.1) is 5.82 Å². The lowest BCUT2D eigenvalue weighted by Crippen LogP contribution is -2.13. The van der Waals surface area contributed by atoms with Gasteiger partial charge in [-0.05, 0) is 12.1 Å². The minimum absolute atomic E-state index is 0.00111. The van der Waals surface area contributed by atoms with Crippen molar-refractivity contribution in [2.24, 2.45) is 5.73 Å². The van der Waals surface area contributed by atoms with Crippen molar-refractivity contribution < 1.29 is 9.18 Å². The van der Waals surface area contributed by atoms with Gasteiger partial charge in [0.05, 0.1) is 0 Å². The average molecular weight is 194 g/mol. The number of primary amides is 1. The van der Waals surface area contributed by atoms with Crippen molar-refractivity contribution in [3.8, 4) is 0 Å². The Bertz CT molecular complexity index is 519. The normalized spacial score (nSPS) is 10.6. The molecule has 0 aliphatic carbocycles. The fourth-order valence-corrected chi connectivity index (χ4v) is 1.23. The molecule has 0 radical (unpaired) electrons. The van der Waals surface area contributed by atoms with Crippen LogP contribution in [0.3, 0.4) is 0 Å². The van der Waals surface area contributed by atoms with Crippen LogP contribution < -0.4 is 11.5 Å². The lowest BCUT2D eigenvalue weighted by molar-refractivity contribution is 0.0997. The number of amides is 1. The molecule has 5 nitrogen and oxygen atoms in total. The fourth-order valence-electron chi connectivity index (χ4n) is 1.23. The summed E-state index contributed by atoms with van der Waals surface area (Å²) in [6, 6.07) is 2.69. The van der Waals surface area contributed by atoms with Crippen molar-refractivity contribution >= 4 is 17.4 Å². The summed E-state index contributed by atoms with van der Waals surface area (Å²) in [7, 11) is 0. The van der Waals surface area contributed by atoms with Gasteiger partial charge >= 0.3 is 0 Å². The first kappa shape index (κ1) is 8.49. The SMILES string of the molecule is NC(=O)c1nc2c(F)cccn2c1N. The number of fused-ring (bicyclic) bond motifs is 1. The third-order valence-electron chi connectivity index (χ3n) is 1.87. The van der Waals surface area contributed by atoms with Crippen LogP contribution in [0.1, 0.15) is 10.5 Å². The summed E-state index contributed by atoms with van der Waals surface area (Å²) in [5, 5.41) is 0. The van der Waals surface area contributed by atoms with Crippen LogP contribution in [0.5, 0.6) is 0 Å². The Balaban J connectivity index is 2.86. The highest BCUT2D eigenvalue weighted by molar-refractivity contribution is 5.96. The van der Waals surface area contributed by atoms with Crippen molar-refractivity contribution in [1.82, 2.24) is 9.38 Å². The summed E-state index contributed by atoms with van der Waals surface area (Å²) in [4.78, 5) is 14.5. The maximum atomic E-state index is 13.2. The first-order valence-electron chi connectivity index (χ1n) is 3.83. The minimum atomic E-state index is -0.773. The molecule has 6 heteroatoms. The summed E-state index contributed by atoms with van der Waals surface area (Å²) >= 11 is 0. The van der Waals surface area contributed by atoms with Gasteiger partial charge in [0.25, 0.3) is 5.91 Å². The monoisotopic (exact) mass is 194 g/mol. The fraction of sp³-hybridized carbons (Fsp3) is 0. The van der Waals surface area contributed by atoms with Gasteiger partial charge in [-0.25, -0.2) is 9.37 Å². The number of rotatable bonds is 1. The second-order valence-corrected chi connectivity index (χ2v) is 2.76. The first-order valence-corrected chi connectivity index (χ1v) is 3.83. The van der Waals surface area contributed by atoms with Crippen LogP contribution in [-0.4, -0.2) is 15.3 Å². The summed E-state index contributed by atoms with van der Waals surface area (Å²) in [6.45, 7) is 0. The third-order valence-corrected chi connectivity index (χ3v) is 1.87. The number of nitrogen functional groups attached to an aromatic ring is 1. The van der Waals surface area contributed by atoms with Crippen LogP contribution in [0.4, 0.5) is 10.2 Å². The Hall–Kier alpha value is -2.11. The molecule has 0 saturated carbocycles. The summed E-state index contributed by atoms with van der Waals surface area (Å²) < 4.78 is 14.4. The standard InChI is InChI=1S/C8H7FN4O/c9-4-2-1-3-13-6(10)5(7(11)14)12-8(4)13/h1-3H,10H2,(H2,11,14). The van der Waals surface area contributed by atoms with Crippen LogP contribution in [0.15, 0.2) is 18.3 Å². The van der Waals surface area contributed by atoms with Gasteiger partial charge < -0.3 is 11.5 Å². The van der Waals surface area contributed by atoms with Crippen LogP contribution in [0.25, 0.3) is 5.65 Å². The van der Waals surface area contributed by atoms with Crippen LogP contribution in [0.2, 0.25) is 0 Å². The van der Waals surface area contributed by atoms with E-state index in [1.807, 2.05) is 0 Å². The highest BCUT2D eigenvalue weighted by Gasteiger charge is 2.15. The molecule has 2 aromatic rings. The lowest BCUT2D eigenvalue weighted by Gasteiger charge is -1.95. The number of anilines is 1. The largest absolute Gasteiger partial charge is 0.383 e. The number of carbonyl (C=O) groups is 1. The van der Waals surface area contributed by atoms with E-state index in [1.54, 1.807) is 0 Å². The maximum Gasteiger partial charge on any atom is 0.271 e. The second-order valence-electron chi connectivity index (χ2n) is 2.76. The van der Waals surface area contributed by atoms with Gasteiger partial charge in [-0.15, -0.1) is 0 Å². The number of imidazole rings is 1. The average Bonchev–Trinajstić information content (AvgIpc) is 2.46. The molecular formula is C8H7FN4O. The van der Waals surface area contributed by atoms with Gasteiger partial charge in [-0.2, -0.15) is 0 Å². The van der Waals surface area contributed by atoms with Gasteiger partial charge in [-0.3, -0.25) is 9.20 Å². The number of nitrogens with two attached hydrogens (primary N) is 2. The van der Waals surface area contributed by atoms with Crippen LogP contribution in [-0.2, 0) is 0 Å². The smallest absolute Gasteiger partial charge is 0.271 e. The molecule has 2 aromatic heterocycles. The van der Waals surface area contributed by atoms with E-state index in [-0.39, 0.29) is 17.2 Å². The van der Waals surface area contributed by atoms with Gasteiger partial charge in [0.2, 0.25) is 0 Å². The number of carbonyl (C=O) groups excluding carboxylic acids is 1. The number of hydrogen-bond acceptors (Lipinski definition) is 3. The molecule has 0 unspecified atom stereocenters. The number of halogens is 1. The van der Waals surface area contributed by atoms with E-state index in [1.165, 1.54) is 22.7 Å². The van der Waals surface area contributed by atoms with Gasteiger partial charge in [0.15, 0.2) is 17.2 Å². The number of aromatic nitrogens is 2. The molecule has 0 bridgehead atoms. The van der Waals surface area contributed by atoms with Crippen LogP contribution >= 0.6 is 0 Å². The summed E-state index contributed by atoms with van der Waals surface area (Å²) in [5.41, 5.74) is 10.4. The molecule has 2 heterocycles. The molecule has 0 aliphatic rings. The number of hydrogen-bond donors (Lipinski definition) is 2. The zero-order valence-electron chi connectivity index (χ0n) is 7.07. The van der Waals surface area contributed by atoms with Crippen molar-refractivity contribution in [3.63, 3.8) is 0 Å². The molecule has 2 rings (SSSR count). The highest BCUT2D eigenvalue weighted by atomic mass is 19.1. The van der Waals surface area contributed by atoms with E-state index in [2.05, 4.69) is 4.98 Å². The summed E-state index contributed by atoms with van der Waals surface area (Å²) in [5.74, 6) is -1.27. The third kappa shape index (κ3) is 1.00. The Morgan fingerprint density at radius 3 is 2.86 bits per heavy atom. The summed E-state index contributed by atoms with van der Waals surface area (Å²) in [6.07, 6.45) is 1.51. The lowest BCUT2D eigenvalue weighted by atomic mass is 10.4. The van der Waals surface area contributed by atoms with E-state index in [4.69, 9.17) is 11.5 Å². The maximum absolute atomic E-state index is 13.2. The van der Waals surface area contributed by atoms with Gasteiger partial charge in [0.1, 0.15) is 5.82 Å². The Morgan fingerprint density at radius 1 is 1.57 bits per heavy atom. The molecule has 0 aromatic carbocycles. The van der Waals surface area contributed by atoms with Crippen molar-refractivity contribution in [3.05, 3.63) is 29.8 Å². The van der Waals surface area contributed by atoms with Gasteiger partial charge in [0, 0.05) is 6.20 Å². The first-order chi connectivity index (χ1) is 6.61. The van der Waals surface area contributed by atoms with E-state index < -0.39 is 11.7 Å². The molecule has 0 saturated heterocycles. The molecule has 0 atom stereocenters. The zero-order valence-corrected chi connectivity index (χ0v) is 7.07. The number of pyridine rings is 1. The predicted octanol–water partition coefficient (Wildman–Crippen LogP) is 0.154. The van der Waals surface area contributed by atoms with Crippen molar-refractivity contribution in [1.29, 1.82) is 0 Å². The van der Waals surface area contributed by atoms with E-state index in [0.717, 1.165) is 0 Å².